The highest BCUT2D eigenvalue weighted by atomic mass is 32.2. The van der Waals surface area contributed by atoms with E-state index in [9.17, 15) is 15.3 Å². The quantitative estimate of drug-likeness (QED) is 0.727. The Balaban J connectivity index is 1.70. The summed E-state index contributed by atoms with van der Waals surface area (Å²) in [6, 6.07) is 19.1. The molecule has 134 valence electrons. The van der Waals surface area contributed by atoms with E-state index in [0.717, 1.165) is 10.5 Å². The summed E-state index contributed by atoms with van der Waals surface area (Å²) in [5, 5.41) is 30.5. The van der Waals surface area contributed by atoms with E-state index in [4.69, 9.17) is 9.47 Å². The zero-order valence-electron chi connectivity index (χ0n) is 13.6. The van der Waals surface area contributed by atoms with Crippen molar-refractivity contribution in [2.45, 2.75) is 41.4 Å². The van der Waals surface area contributed by atoms with Crippen molar-refractivity contribution in [3.05, 3.63) is 66.2 Å². The molecule has 1 saturated heterocycles. The fourth-order valence-corrected chi connectivity index (χ4v) is 3.82. The summed E-state index contributed by atoms with van der Waals surface area (Å²) < 4.78 is 11.5. The number of hydrogen-bond acceptors (Lipinski definition) is 6. The molecule has 0 aliphatic carbocycles. The number of aliphatic hydroxyl groups is 3. The van der Waals surface area contributed by atoms with Crippen LogP contribution in [-0.2, 0) is 16.1 Å². The topological polar surface area (TPSA) is 79.2 Å². The first-order valence-corrected chi connectivity index (χ1v) is 9.06. The van der Waals surface area contributed by atoms with Crippen LogP contribution in [0.2, 0.25) is 0 Å². The molecule has 0 spiro atoms. The Labute approximate surface area is 151 Å². The van der Waals surface area contributed by atoms with Gasteiger partial charge in [0.1, 0.15) is 29.9 Å². The number of ether oxygens (including phenoxy) is 2. The van der Waals surface area contributed by atoms with Crippen molar-refractivity contribution in [3.8, 4) is 0 Å². The molecule has 0 saturated carbocycles. The summed E-state index contributed by atoms with van der Waals surface area (Å²) in [6.45, 7) is -0.0779. The minimum Gasteiger partial charge on any atom is -0.394 e. The third kappa shape index (κ3) is 4.61. The lowest BCUT2D eigenvalue weighted by atomic mass is 10.00. The van der Waals surface area contributed by atoms with Crippen molar-refractivity contribution in [2.24, 2.45) is 0 Å². The molecule has 0 amide bonds. The van der Waals surface area contributed by atoms with E-state index in [0.29, 0.717) is 0 Å². The highest BCUT2D eigenvalue weighted by Crippen LogP contribution is 2.34. The Bertz CT molecular complexity index is 639. The monoisotopic (exact) mass is 362 g/mol. The molecular formula is C19H22O5S. The summed E-state index contributed by atoms with van der Waals surface area (Å²) in [6.07, 6.45) is -3.76. The second-order valence-electron chi connectivity index (χ2n) is 5.90. The molecule has 1 fully saturated rings. The zero-order chi connectivity index (χ0) is 17.6. The molecule has 25 heavy (non-hydrogen) atoms. The molecular weight excluding hydrogens is 340 g/mol. The van der Waals surface area contributed by atoms with Crippen LogP contribution in [0.5, 0.6) is 0 Å². The molecule has 5 nitrogen and oxygen atoms in total. The molecule has 1 heterocycles. The Morgan fingerprint density at radius 1 is 0.920 bits per heavy atom. The van der Waals surface area contributed by atoms with E-state index < -0.39 is 29.9 Å². The fourth-order valence-electron chi connectivity index (χ4n) is 2.75. The van der Waals surface area contributed by atoms with Crippen LogP contribution in [0.4, 0.5) is 0 Å². The van der Waals surface area contributed by atoms with Crippen LogP contribution in [0.1, 0.15) is 5.56 Å². The molecule has 1 aliphatic heterocycles. The van der Waals surface area contributed by atoms with E-state index in [-0.39, 0.29) is 13.2 Å². The fraction of sp³-hybridized carbons (Fsp3) is 0.368. The number of hydrogen-bond donors (Lipinski definition) is 3. The van der Waals surface area contributed by atoms with Crippen LogP contribution in [0, 0.1) is 0 Å². The Morgan fingerprint density at radius 3 is 2.20 bits per heavy atom. The smallest absolute Gasteiger partial charge is 0.136 e. The summed E-state index contributed by atoms with van der Waals surface area (Å²) in [7, 11) is 0. The van der Waals surface area contributed by atoms with Gasteiger partial charge >= 0.3 is 0 Å². The second kappa shape index (κ2) is 8.80. The van der Waals surface area contributed by atoms with Crippen LogP contribution >= 0.6 is 11.8 Å². The van der Waals surface area contributed by atoms with Crippen LogP contribution in [0.25, 0.3) is 0 Å². The van der Waals surface area contributed by atoms with Gasteiger partial charge in [0.15, 0.2) is 0 Å². The molecule has 0 aromatic heterocycles. The normalized spacial score (nSPS) is 29.5. The highest BCUT2D eigenvalue weighted by Gasteiger charge is 2.45. The molecule has 1 aliphatic rings. The zero-order valence-corrected chi connectivity index (χ0v) is 14.5. The molecule has 5 unspecified atom stereocenters. The van der Waals surface area contributed by atoms with E-state index in [1.54, 1.807) is 0 Å². The summed E-state index contributed by atoms with van der Waals surface area (Å²) >= 11 is 1.34. The van der Waals surface area contributed by atoms with Crippen molar-refractivity contribution >= 4 is 11.8 Å². The average Bonchev–Trinajstić information content (AvgIpc) is 2.65. The maximum Gasteiger partial charge on any atom is 0.136 e. The molecule has 0 bridgehead atoms. The highest BCUT2D eigenvalue weighted by molar-refractivity contribution is 7.99. The standard InChI is InChI=1S/C19H22O5S/c20-11-15-16(21)18(23-12-13-7-3-1-4-8-13)17(22)19(24-15)25-14-9-5-2-6-10-14/h1-10,15-22H,11-12H2. The van der Waals surface area contributed by atoms with Crippen molar-refractivity contribution in [2.75, 3.05) is 6.61 Å². The SMILES string of the molecule is OCC1OC(Sc2ccccc2)C(O)C(OCc2ccccc2)C1O. The molecule has 3 rings (SSSR count). The molecule has 5 atom stereocenters. The van der Waals surface area contributed by atoms with Crippen molar-refractivity contribution < 1.29 is 24.8 Å². The Hall–Kier alpha value is -1.41. The van der Waals surface area contributed by atoms with Gasteiger partial charge in [-0.2, -0.15) is 0 Å². The van der Waals surface area contributed by atoms with Gasteiger partial charge < -0.3 is 24.8 Å². The number of thioether (sulfide) groups is 1. The summed E-state index contributed by atoms with van der Waals surface area (Å²) in [5.74, 6) is 0. The Kier molecular flexibility index (Phi) is 6.47. The first kappa shape index (κ1) is 18.4. The summed E-state index contributed by atoms with van der Waals surface area (Å²) in [4.78, 5) is 0.932. The van der Waals surface area contributed by atoms with Gasteiger partial charge in [0, 0.05) is 4.90 Å². The van der Waals surface area contributed by atoms with E-state index in [2.05, 4.69) is 0 Å². The van der Waals surface area contributed by atoms with Crippen molar-refractivity contribution in [3.63, 3.8) is 0 Å². The molecule has 2 aromatic carbocycles. The summed E-state index contributed by atoms with van der Waals surface area (Å²) in [5.41, 5.74) is 0.310. The lowest BCUT2D eigenvalue weighted by Crippen LogP contribution is -2.58. The van der Waals surface area contributed by atoms with E-state index in [1.807, 2.05) is 60.7 Å². The second-order valence-corrected chi connectivity index (χ2v) is 7.07. The molecule has 6 heteroatoms. The van der Waals surface area contributed by atoms with Crippen LogP contribution in [0.3, 0.4) is 0 Å². The Morgan fingerprint density at radius 2 is 1.56 bits per heavy atom. The van der Waals surface area contributed by atoms with Crippen molar-refractivity contribution in [1.82, 2.24) is 0 Å². The minimum absolute atomic E-state index is 0.264. The van der Waals surface area contributed by atoms with Gasteiger partial charge in [0.2, 0.25) is 0 Å². The number of aliphatic hydroxyl groups excluding tert-OH is 3. The van der Waals surface area contributed by atoms with Crippen molar-refractivity contribution in [1.29, 1.82) is 0 Å². The number of benzene rings is 2. The largest absolute Gasteiger partial charge is 0.394 e. The average molecular weight is 362 g/mol. The predicted molar refractivity (Wildman–Crippen MR) is 95.1 cm³/mol. The van der Waals surface area contributed by atoms with E-state index in [1.165, 1.54) is 11.8 Å². The maximum absolute atomic E-state index is 10.6. The minimum atomic E-state index is -1.10. The third-order valence-corrected chi connectivity index (χ3v) is 5.27. The van der Waals surface area contributed by atoms with Gasteiger partial charge in [0.05, 0.1) is 13.2 Å². The lowest BCUT2D eigenvalue weighted by molar-refractivity contribution is -0.223. The molecule has 3 N–H and O–H groups in total. The third-order valence-electron chi connectivity index (χ3n) is 4.10. The van der Waals surface area contributed by atoms with Crippen LogP contribution in [-0.4, -0.2) is 51.8 Å². The first-order chi connectivity index (χ1) is 12.2. The predicted octanol–water partition coefficient (Wildman–Crippen LogP) is 1.80. The maximum atomic E-state index is 10.6. The van der Waals surface area contributed by atoms with Gasteiger partial charge in [-0.1, -0.05) is 60.3 Å². The first-order valence-electron chi connectivity index (χ1n) is 8.18. The van der Waals surface area contributed by atoms with Crippen LogP contribution < -0.4 is 0 Å². The van der Waals surface area contributed by atoms with E-state index >= 15 is 0 Å². The van der Waals surface area contributed by atoms with Crippen LogP contribution in [0.15, 0.2) is 65.6 Å². The van der Waals surface area contributed by atoms with Gasteiger partial charge in [-0.25, -0.2) is 0 Å². The van der Waals surface area contributed by atoms with Gasteiger partial charge in [-0.15, -0.1) is 0 Å². The lowest BCUT2D eigenvalue weighted by Gasteiger charge is -2.41. The van der Waals surface area contributed by atoms with Gasteiger partial charge in [0.25, 0.3) is 0 Å². The van der Waals surface area contributed by atoms with Gasteiger partial charge in [-0.05, 0) is 17.7 Å². The van der Waals surface area contributed by atoms with Gasteiger partial charge in [-0.3, -0.25) is 0 Å². The molecule has 2 aromatic rings. The number of rotatable bonds is 6. The molecule has 0 radical (unpaired) electrons.